The van der Waals surface area contributed by atoms with Crippen molar-refractivity contribution in [3.05, 3.63) is 15.6 Å². The average molecular weight is 268 g/mol. The summed E-state index contributed by atoms with van der Waals surface area (Å²) in [5.41, 5.74) is 3.05. The molecule has 1 aliphatic heterocycles. The van der Waals surface area contributed by atoms with Crippen molar-refractivity contribution in [2.75, 3.05) is 19.6 Å². The number of hydrogen-bond donors (Lipinski definition) is 2. The first-order chi connectivity index (χ1) is 8.74. The molecule has 2 rings (SSSR count). The summed E-state index contributed by atoms with van der Waals surface area (Å²) in [6, 6.07) is 0. The summed E-state index contributed by atoms with van der Waals surface area (Å²) in [6.07, 6.45) is 4.30. The second-order valence-corrected chi connectivity index (χ2v) is 5.59. The molecule has 1 aromatic rings. The van der Waals surface area contributed by atoms with E-state index in [4.69, 9.17) is 5.84 Å². The third kappa shape index (κ3) is 3.07. The number of hydrogen-bond acceptors (Lipinski definition) is 5. The van der Waals surface area contributed by atoms with Crippen LogP contribution in [0.25, 0.3) is 0 Å². The Morgan fingerprint density at radius 2 is 2.22 bits per heavy atom. The van der Waals surface area contributed by atoms with Crippen LogP contribution in [-0.4, -0.2) is 35.4 Å². The van der Waals surface area contributed by atoms with Gasteiger partial charge in [-0.2, -0.15) is 0 Å². The van der Waals surface area contributed by atoms with Crippen molar-refractivity contribution in [3.8, 4) is 0 Å². The fourth-order valence-corrected chi connectivity index (χ4v) is 3.29. The first-order valence-electron chi connectivity index (χ1n) is 6.46. The van der Waals surface area contributed by atoms with Gasteiger partial charge in [-0.05, 0) is 32.4 Å². The van der Waals surface area contributed by atoms with Crippen molar-refractivity contribution < 1.29 is 4.79 Å². The van der Waals surface area contributed by atoms with Crippen molar-refractivity contribution in [2.24, 2.45) is 5.84 Å². The molecule has 1 amide bonds. The van der Waals surface area contributed by atoms with Gasteiger partial charge in [0.25, 0.3) is 5.91 Å². The maximum atomic E-state index is 11.6. The van der Waals surface area contributed by atoms with Gasteiger partial charge < -0.3 is 4.90 Å². The molecule has 1 aromatic heterocycles. The molecule has 5 nitrogen and oxygen atoms in total. The normalized spacial score (nSPS) is 16.1. The largest absolute Gasteiger partial charge is 0.303 e. The van der Waals surface area contributed by atoms with Crippen LogP contribution in [0.1, 0.15) is 40.1 Å². The number of nitrogens with two attached hydrogens (primary N) is 1. The lowest BCUT2D eigenvalue weighted by Gasteiger charge is -2.12. The summed E-state index contributed by atoms with van der Waals surface area (Å²) in [5, 5.41) is 1.04. The van der Waals surface area contributed by atoms with Crippen molar-refractivity contribution in [2.45, 2.75) is 32.6 Å². The highest BCUT2D eigenvalue weighted by molar-refractivity contribution is 7.13. The smallest absolute Gasteiger partial charge is 0.277 e. The van der Waals surface area contributed by atoms with Gasteiger partial charge in [0.15, 0.2) is 0 Å². The molecule has 18 heavy (non-hydrogen) atoms. The molecule has 0 bridgehead atoms. The Morgan fingerprint density at radius 1 is 1.50 bits per heavy atom. The average Bonchev–Trinajstić information content (AvgIpc) is 3.04. The molecule has 100 valence electrons. The molecule has 2 heterocycles. The van der Waals surface area contributed by atoms with Crippen LogP contribution in [0.5, 0.6) is 0 Å². The summed E-state index contributed by atoms with van der Waals surface area (Å²) < 4.78 is 0. The van der Waals surface area contributed by atoms with Crippen molar-refractivity contribution in [1.82, 2.24) is 15.3 Å². The summed E-state index contributed by atoms with van der Waals surface area (Å²) in [6.45, 7) is 5.44. The molecule has 3 N–H and O–H groups in total. The fraction of sp³-hybridized carbons (Fsp3) is 0.667. The predicted molar refractivity (Wildman–Crippen MR) is 72.5 cm³/mol. The molecule has 6 heteroatoms. The number of nitrogen functional groups attached to an aromatic ring is 1. The lowest BCUT2D eigenvalue weighted by Crippen LogP contribution is -2.30. The molecule has 0 aromatic carbocycles. The standard InChI is InChI=1S/C12H20N4OS/c1-2-9-11(12(17)15-13)18-10(14-9)5-8-16-6-3-4-7-16/h2-8,13H2,1H3,(H,15,17). The van der Waals surface area contributed by atoms with Crippen LogP contribution in [0.4, 0.5) is 0 Å². The first kappa shape index (κ1) is 13.5. The van der Waals surface area contributed by atoms with Crippen molar-refractivity contribution in [3.63, 3.8) is 0 Å². The van der Waals surface area contributed by atoms with Gasteiger partial charge in [0, 0.05) is 13.0 Å². The number of nitrogens with zero attached hydrogens (tertiary/aromatic N) is 2. The zero-order valence-electron chi connectivity index (χ0n) is 10.7. The van der Waals surface area contributed by atoms with Crippen molar-refractivity contribution in [1.29, 1.82) is 0 Å². The van der Waals surface area contributed by atoms with Crippen LogP contribution < -0.4 is 11.3 Å². The lowest BCUT2D eigenvalue weighted by molar-refractivity contribution is 0.0956. The molecule has 1 fully saturated rings. The van der Waals surface area contributed by atoms with Crippen LogP contribution >= 0.6 is 11.3 Å². The maximum absolute atomic E-state index is 11.6. The summed E-state index contributed by atoms with van der Waals surface area (Å²) in [5.74, 6) is 4.96. The third-order valence-electron chi connectivity index (χ3n) is 3.25. The van der Waals surface area contributed by atoms with E-state index in [2.05, 4.69) is 15.3 Å². The topological polar surface area (TPSA) is 71.2 Å². The Bertz CT molecular complexity index is 412. The van der Waals surface area contributed by atoms with E-state index in [0.29, 0.717) is 4.88 Å². The minimum atomic E-state index is -0.225. The zero-order valence-corrected chi connectivity index (χ0v) is 11.6. The minimum Gasteiger partial charge on any atom is -0.303 e. The highest BCUT2D eigenvalue weighted by Crippen LogP contribution is 2.20. The van der Waals surface area contributed by atoms with Crippen LogP contribution in [0, 0.1) is 0 Å². The van der Waals surface area contributed by atoms with Gasteiger partial charge in [0.05, 0.1) is 10.7 Å². The summed E-state index contributed by atoms with van der Waals surface area (Å²) in [4.78, 5) is 19.2. The van der Waals surface area contributed by atoms with E-state index in [9.17, 15) is 4.79 Å². The predicted octanol–water partition coefficient (Wildman–Crippen LogP) is 0.947. The molecule has 1 aliphatic rings. The van der Waals surface area contributed by atoms with Crippen LogP contribution in [-0.2, 0) is 12.8 Å². The number of amides is 1. The van der Waals surface area contributed by atoms with Crippen LogP contribution in [0.2, 0.25) is 0 Å². The van der Waals surface area contributed by atoms with Gasteiger partial charge in [-0.3, -0.25) is 10.2 Å². The molecule has 0 unspecified atom stereocenters. The van der Waals surface area contributed by atoms with E-state index in [1.165, 1.54) is 37.3 Å². The minimum absolute atomic E-state index is 0.225. The summed E-state index contributed by atoms with van der Waals surface area (Å²) >= 11 is 1.47. The van der Waals surface area contributed by atoms with Crippen molar-refractivity contribution >= 4 is 17.2 Å². The Labute approximate surface area is 111 Å². The van der Waals surface area contributed by atoms with E-state index in [1.54, 1.807) is 0 Å². The van der Waals surface area contributed by atoms with E-state index in [1.807, 2.05) is 6.92 Å². The third-order valence-corrected chi connectivity index (χ3v) is 4.41. The van der Waals surface area contributed by atoms with Crippen LogP contribution in [0.15, 0.2) is 0 Å². The molecular formula is C12H20N4OS. The molecule has 0 aliphatic carbocycles. The maximum Gasteiger partial charge on any atom is 0.277 e. The monoisotopic (exact) mass is 268 g/mol. The van der Waals surface area contributed by atoms with Crippen LogP contribution in [0.3, 0.4) is 0 Å². The summed E-state index contributed by atoms with van der Waals surface area (Å²) in [7, 11) is 0. The number of hydrazine groups is 1. The number of carbonyl (C=O) groups is 1. The second-order valence-electron chi connectivity index (χ2n) is 4.51. The molecule has 0 atom stereocenters. The Balaban J connectivity index is 1.99. The SMILES string of the molecule is CCc1nc(CCN2CCCC2)sc1C(=O)NN. The van der Waals surface area contributed by atoms with E-state index < -0.39 is 0 Å². The number of rotatable bonds is 5. The highest BCUT2D eigenvalue weighted by atomic mass is 32.1. The van der Waals surface area contributed by atoms with E-state index >= 15 is 0 Å². The fourth-order valence-electron chi connectivity index (χ4n) is 2.25. The van der Waals surface area contributed by atoms with Gasteiger partial charge >= 0.3 is 0 Å². The number of nitrogens with one attached hydrogen (secondary N) is 1. The molecule has 0 saturated carbocycles. The molecule has 1 saturated heterocycles. The quantitative estimate of drug-likeness (QED) is 0.474. The van der Waals surface area contributed by atoms with E-state index in [-0.39, 0.29) is 5.91 Å². The van der Waals surface area contributed by atoms with Gasteiger partial charge in [-0.15, -0.1) is 11.3 Å². The number of carbonyl (C=O) groups excluding carboxylic acids is 1. The first-order valence-corrected chi connectivity index (χ1v) is 7.28. The highest BCUT2D eigenvalue weighted by Gasteiger charge is 2.17. The lowest BCUT2D eigenvalue weighted by atomic mass is 10.3. The molecule has 0 spiro atoms. The van der Waals surface area contributed by atoms with Gasteiger partial charge in [-0.25, -0.2) is 10.8 Å². The Morgan fingerprint density at radius 3 is 2.83 bits per heavy atom. The second kappa shape index (κ2) is 6.26. The van der Waals surface area contributed by atoms with Gasteiger partial charge in [0.2, 0.25) is 0 Å². The Hall–Kier alpha value is -0.980. The number of aromatic nitrogens is 1. The van der Waals surface area contributed by atoms with Gasteiger partial charge in [-0.1, -0.05) is 6.92 Å². The zero-order chi connectivity index (χ0) is 13.0. The number of likely N-dealkylation sites (tertiary alicyclic amines) is 1. The number of thiazole rings is 1. The molecular weight excluding hydrogens is 248 g/mol. The number of aryl methyl sites for hydroxylation is 1. The van der Waals surface area contributed by atoms with E-state index in [0.717, 1.165) is 30.1 Å². The Kier molecular flexibility index (Phi) is 4.68. The van der Waals surface area contributed by atoms with Gasteiger partial charge in [0.1, 0.15) is 4.88 Å². The molecule has 0 radical (unpaired) electrons.